The van der Waals surface area contributed by atoms with Gasteiger partial charge >= 0.3 is 5.97 Å². The highest BCUT2D eigenvalue weighted by molar-refractivity contribution is 5.91. The average molecular weight is 448 g/mol. The summed E-state index contributed by atoms with van der Waals surface area (Å²) in [6, 6.07) is 9.51. The summed E-state index contributed by atoms with van der Waals surface area (Å²) >= 11 is 0. The molecule has 0 radical (unpaired) electrons. The van der Waals surface area contributed by atoms with Crippen molar-refractivity contribution in [2.75, 3.05) is 12.1 Å². The first-order chi connectivity index (χ1) is 15.2. The second-order valence-corrected chi connectivity index (χ2v) is 7.26. The van der Waals surface area contributed by atoms with Crippen LogP contribution in [-0.2, 0) is 9.53 Å². The van der Waals surface area contributed by atoms with Crippen LogP contribution in [0.25, 0.3) is 11.1 Å². The molecule has 0 unspecified atom stereocenters. The van der Waals surface area contributed by atoms with E-state index in [4.69, 9.17) is 9.47 Å². The molecular formula is C21H24N2O9. The van der Waals surface area contributed by atoms with Gasteiger partial charge in [0, 0.05) is 12.5 Å². The zero-order chi connectivity index (χ0) is 23.4. The Bertz CT molecular complexity index is 983. The molecule has 11 nitrogen and oxygen atoms in total. The molecule has 0 aliphatic carbocycles. The maximum absolute atomic E-state index is 11.6. The fourth-order valence-corrected chi connectivity index (χ4v) is 3.48. The van der Waals surface area contributed by atoms with E-state index in [-0.39, 0.29) is 17.0 Å². The van der Waals surface area contributed by atoms with E-state index in [1.54, 1.807) is 24.3 Å². The summed E-state index contributed by atoms with van der Waals surface area (Å²) in [6.07, 6.45) is -5.39. The molecular weight excluding hydrogens is 424 g/mol. The number of hydrogen-bond donors (Lipinski definition) is 7. The number of anilines is 1. The predicted octanol–water partition coefficient (Wildman–Crippen LogP) is 0.175. The molecule has 2 aromatic carbocycles. The third-order valence-corrected chi connectivity index (χ3v) is 5.00. The van der Waals surface area contributed by atoms with Crippen LogP contribution in [-0.4, -0.2) is 74.8 Å². The zero-order valence-corrected chi connectivity index (χ0v) is 17.0. The fraction of sp³-hybridized carbons (Fsp3) is 0.333. The van der Waals surface area contributed by atoms with Gasteiger partial charge in [-0.2, -0.15) is 0 Å². The van der Waals surface area contributed by atoms with Crippen LogP contribution in [0.2, 0.25) is 0 Å². The molecule has 3 rings (SSSR count). The smallest absolute Gasteiger partial charge is 0.335 e. The molecule has 5 atom stereocenters. The minimum Gasteiger partial charge on any atom is -0.478 e. The molecule has 1 saturated heterocycles. The van der Waals surface area contributed by atoms with Gasteiger partial charge in [0.1, 0.15) is 30.1 Å². The zero-order valence-electron chi connectivity index (χ0n) is 17.0. The molecule has 1 aliphatic rings. The van der Waals surface area contributed by atoms with Crippen LogP contribution in [0.1, 0.15) is 17.3 Å². The first-order valence-electron chi connectivity index (χ1n) is 9.69. The van der Waals surface area contributed by atoms with Crippen molar-refractivity contribution in [1.82, 2.24) is 5.32 Å². The molecule has 0 aromatic heterocycles. The molecule has 1 aliphatic heterocycles. The summed E-state index contributed by atoms with van der Waals surface area (Å²) in [5, 5.41) is 51.2. The number of rotatable bonds is 7. The van der Waals surface area contributed by atoms with Crippen molar-refractivity contribution in [2.24, 2.45) is 0 Å². The maximum Gasteiger partial charge on any atom is 0.335 e. The monoisotopic (exact) mass is 448 g/mol. The Morgan fingerprint density at radius 1 is 1.12 bits per heavy atom. The molecule has 0 bridgehead atoms. The Morgan fingerprint density at radius 3 is 2.47 bits per heavy atom. The van der Waals surface area contributed by atoms with Gasteiger partial charge in [0.25, 0.3) is 0 Å². The SMILES string of the molecule is CC(=O)N[C@H]1[C@H](Oc2ccccc2-c2cc(NO)cc(C(=O)O)c2)O[C@H](CO)[C@H](O)[C@@H]1O. The summed E-state index contributed by atoms with van der Waals surface area (Å²) in [4.78, 5) is 23.1. The van der Waals surface area contributed by atoms with Crippen LogP contribution >= 0.6 is 0 Å². The van der Waals surface area contributed by atoms with Crippen molar-refractivity contribution in [3.63, 3.8) is 0 Å². The molecule has 11 heteroatoms. The number of amides is 1. The van der Waals surface area contributed by atoms with Crippen LogP contribution in [0.3, 0.4) is 0 Å². The Balaban J connectivity index is 2.00. The van der Waals surface area contributed by atoms with Gasteiger partial charge in [-0.05, 0) is 29.8 Å². The van der Waals surface area contributed by atoms with Gasteiger partial charge in [-0.25, -0.2) is 4.79 Å². The van der Waals surface area contributed by atoms with Crippen LogP contribution in [0.5, 0.6) is 5.75 Å². The van der Waals surface area contributed by atoms with E-state index in [0.717, 1.165) is 0 Å². The number of hydrogen-bond acceptors (Lipinski definition) is 9. The lowest BCUT2D eigenvalue weighted by Crippen LogP contribution is -2.65. The van der Waals surface area contributed by atoms with Crippen molar-refractivity contribution in [2.45, 2.75) is 37.6 Å². The molecule has 1 fully saturated rings. The topological polar surface area (TPSA) is 178 Å². The molecule has 7 N–H and O–H groups in total. The molecule has 0 saturated carbocycles. The summed E-state index contributed by atoms with van der Waals surface area (Å²) in [7, 11) is 0. The van der Waals surface area contributed by atoms with Gasteiger partial charge in [-0.3, -0.25) is 15.5 Å². The summed E-state index contributed by atoms with van der Waals surface area (Å²) < 4.78 is 11.5. The lowest BCUT2D eigenvalue weighted by atomic mass is 9.96. The number of para-hydroxylation sites is 1. The van der Waals surface area contributed by atoms with Gasteiger partial charge in [-0.1, -0.05) is 18.2 Å². The second-order valence-electron chi connectivity index (χ2n) is 7.26. The maximum atomic E-state index is 11.6. The van der Waals surface area contributed by atoms with Crippen molar-refractivity contribution in [3.8, 4) is 16.9 Å². The van der Waals surface area contributed by atoms with Crippen LogP contribution in [0.15, 0.2) is 42.5 Å². The highest BCUT2D eigenvalue weighted by atomic mass is 16.7. The number of ether oxygens (including phenoxy) is 2. The molecule has 32 heavy (non-hydrogen) atoms. The Labute approximate surface area is 182 Å². The van der Waals surface area contributed by atoms with E-state index in [1.165, 1.54) is 25.1 Å². The number of carbonyl (C=O) groups is 2. The number of benzene rings is 2. The van der Waals surface area contributed by atoms with E-state index in [9.17, 15) is 35.2 Å². The normalized spacial score (nSPS) is 25.1. The van der Waals surface area contributed by atoms with Crippen molar-refractivity contribution in [1.29, 1.82) is 0 Å². The lowest BCUT2D eigenvalue weighted by molar-refractivity contribution is -0.244. The average Bonchev–Trinajstić information content (AvgIpc) is 2.78. The van der Waals surface area contributed by atoms with Gasteiger partial charge in [0.15, 0.2) is 0 Å². The molecule has 2 aromatic rings. The number of aliphatic hydroxyl groups is 3. The van der Waals surface area contributed by atoms with Crippen molar-refractivity contribution in [3.05, 3.63) is 48.0 Å². The number of carboxylic acid groups (broad SMARTS) is 1. The standard InChI is InChI=1S/C21H24N2O9/c1-10(25)22-17-19(27)18(26)16(9-24)32-21(17)31-15-5-3-2-4-14(15)11-6-12(20(28)29)8-13(7-11)23-30/h2-8,16-19,21,23-24,26-27,30H,9H2,1H3,(H,22,25)(H,28,29)/t16-,17-,18+,19-,21-/m1/s1. The summed E-state index contributed by atoms with van der Waals surface area (Å²) in [5.74, 6) is -1.49. The van der Waals surface area contributed by atoms with Crippen molar-refractivity contribution < 1.29 is 44.7 Å². The van der Waals surface area contributed by atoms with Crippen LogP contribution in [0, 0.1) is 0 Å². The van der Waals surface area contributed by atoms with E-state index in [2.05, 4.69) is 5.32 Å². The molecule has 172 valence electrons. The largest absolute Gasteiger partial charge is 0.478 e. The summed E-state index contributed by atoms with van der Waals surface area (Å²) in [5.41, 5.74) is 2.79. The van der Waals surface area contributed by atoms with Gasteiger partial charge in [0.05, 0.1) is 17.9 Å². The Morgan fingerprint density at radius 2 is 1.84 bits per heavy atom. The number of carboxylic acids is 1. The first-order valence-corrected chi connectivity index (χ1v) is 9.69. The van der Waals surface area contributed by atoms with E-state index < -0.39 is 49.1 Å². The second kappa shape index (κ2) is 9.94. The number of aromatic carboxylic acids is 1. The third-order valence-electron chi connectivity index (χ3n) is 5.00. The molecule has 0 spiro atoms. The molecule has 1 heterocycles. The van der Waals surface area contributed by atoms with Gasteiger partial charge in [0.2, 0.25) is 12.2 Å². The lowest BCUT2D eigenvalue weighted by Gasteiger charge is -2.42. The highest BCUT2D eigenvalue weighted by Gasteiger charge is 2.46. The highest BCUT2D eigenvalue weighted by Crippen LogP contribution is 2.34. The van der Waals surface area contributed by atoms with Gasteiger partial charge in [-0.15, -0.1) is 0 Å². The van der Waals surface area contributed by atoms with Crippen LogP contribution in [0.4, 0.5) is 5.69 Å². The first kappa shape index (κ1) is 23.4. The fourth-order valence-electron chi connectivity index (χ4n) is 3.48. The Kier molecular flexibility index (Phi) is 7.28. The third kappa shape index (κ3) is 4.98. The van der Waals surface area contributed by atoms with Gasteiger partial charge < -0.3 is 35.2 Å². The number of carbonyl (C=O) groups excluding carboxylic acids is 1. The predicted molar refractivity (Wildman–Crippen MR) is 110 cm³/mol. The van der Waals surface area contributed by atoms with E-state index in [0.29, 0.717) is 11.1 Å². The van der Waals surface area contributed by atoms with E-state index in [1.807, 2.05) is 5.48 Å². The minimum absolute atomic E-state index is 0.0854. The van der Waals surface area contributed by atoms with Crippen LogP contribution < -0.4 is 15.5 Å². The number of aliphatic hydroxyl groups excluding tert-OH is 3. The Hall–Kier alpha value is -3.22. The summed E-state index contributed by atoms with van der Waals surface area (Å²) in [6.45, 7) is 0.627. The quantitative estimate of drug-likeness (QED) is 0.289. The molecule has 1 amide bonds. The minimum atomic E-state index is -1.48. The van der Waals surface area contributed by atoms with E-state index >= 15 is 0 Å². The van der Waals surface area contributed by atoms with Crippen molar-refractivity contribution >= 4 is 17.6 Å². The number of nitrogens with one attached hydrogen (secondary N) is 2.